The summed E-state index contributed by atoms with van der Waals surface area (Å²) in [6.45, 7) is 0. The first kappa shape index (κ1) is 22.8. The lowest BCUT2D eigenvalue weighted by molar-refractivity contribution is -0.145. The number of carbonyl (C=O) groups excluding carboxylic acids is 2. The van der Waals surface area contributed by atoms with Gasteiger partial charge in [-0.05, 0) is 35.2 Å². The summed E-state index contributed by atoms with van der Waals surface area (Å²) in [5, 5.41) is 3.93. The van der Waals surface area contributed by atoms with E-state index in [1.165, 1.54) is 7.11 Å². The predicted octanol–water partition coefficient (Wildman–Crippen LogP) is 5.43. The number of aromatic nitrogens is 1. The van der Waals surface area contributed by atoms with E-state index in [1.54, 1.807) is 0 Å². The van der Waals surface area contributed by atoms with Gasteiger partial charge in [-0.1, -0.05) is 82.7 Å². The van der Waals surface area contributed by atoms with Crippen molar-refractivity contribution in [2.75, 3.05) is 7.11 Å². The molecule has 1 atom stereocenters. The van der Waals surface area contributed by atoms with Crippen LogP contribution >= 0.6 is 15.9 Å². The van der Waals surface area contributed by atoms with Crippen LogP contribution in [0, 0.1) is 0 Å². The average molecular weight is 505 g/mol. The highest BCUT2D eigenvalue weighted by Crippen LogP contribution is 2.35. The number of methoxy groups -OCH3 is 1. The fraction of sp³-hybridized carbons (Fsp3) is 0.185. The molecule has 3 aromatic carbocycles. The first-order valence-corrected chi connectivity index (χ1v) is 11.6. The zero-order valence-electron chi connectivity index (χ0n) is 18.3. The summed E-state index contributed by atoms with van der Waals surface area (Å²) in [5.74, 6) is -0.645. The van der Waals surface area contributed by atoms with E-state index < -0.39 is 12.0 Å². The minimum atomic E-state index is -0.729. The average Bonchev–Trinajstić information content (AvgIpc) is 3.23. The molecule has 0 saturated heterocycles. The van der Waals surface area contributed by atoms with Gasteiger partial charge >= 0.3 is 5.97 Å². The lowest BCUT2D eigenvalue weighted by Gasteiger charge is -2.17. The number of carbonyl (C=O) groups is 2. The number of aromatic amines is 1. The molecule has 4 rings (SSSR count). The van der Waals surface area contributed by atoms with Crippen molar-refractivity contribution in [2.45, 2.75) is 25.3 Å². The summed E-state index contributed by atoms with van der Waals surface area (Å²) in [7, 11) is 1.34. The standard InChI is InChI=1S/C27H25BrN2O3/c1-33-27(32)23(17-18-9-4-2-5-10-18)29-24(31)16-15-20-25-21(28)13-8-14-22(25)30-26(20)19-11-6-3-7-12-19/h2-14,23,30H,15-17H2,1H3,(H,29,31). The van der Waals surface area contributed by atoms with Crippen LogP contribution in [0.2, 0.25) is 0 Å². The molecule has 0 aliphatic heterocycles. The van der Waals surface area contributed by atoms with Crippen LogP contribution < -0.4 is 5.32 Å². The third-order valence-electron chi connectivity index (χ3n) is 5.64. The molecule has 33 heavy (non-hydrogen) atoms. The first-order valence-electron chi connectivity index (χ1n) is 10.8. The fourth-order valence-electron chi connectivity index (χ4n) is 4.06. The smallest absolute Gasteiger partial charge is 0.328 e. The number of esters is 1. The second-order valence-electron chi connectivity index (χ2n) is 7.84. The van der Waals surface area contributed by atoms with Gasteiger partial charge < -0.3 is 15.0 Å². The number of halogens is 1. The van der Waals surface area contributed by atoms with Gasteiger partial charge in [-0.15, -0.1) is 0 Å². The second-order valence-corrected chi connectivity index (χ2v) is 8.69. The van der Waals surface area contributed by atoms with E-state index in [9.17, 15) is 9.59 Å². The minimum Gasteiger partial charge on any atom is -0.467 e. The number of fused-ring (bicyclic) bond motifs is 1. The van der Waals surface area contributed by atoms with E-state index >= 15 is 0 Å². The van der Waals surface area contributed by atoms with Crippen molar-refractivity contribution >= 4 is 38.7 Å². The third kappa shape index (κ3) is 5.34. The van der Waals surface area contributed by atoms with E-state index in [4.69, 9.17) is 4.74 Å². The molecular formula is C27H25BrN2O3. The van der Waals surface area contributed by atoms with Gasteiger partial charge in [-0.25, -0.2) is 4.79 Å². The molecule has 0 bridgehead atoms. The fourth-order valence-corrected chi connectivity index (χ4v) is 4.67. The number of rotatable bonds is 8. The van der Waals surface area contributed by atoms with E-state index in [2.05, 4.69) is 38.4 Å². The lowest BCUT2D eigenvalue weighted by atomic mass is 10.0. The molecule has 2 N–H and O–H groups in total. The van der Waals surface area contributed by atoms with E-state index in [0.29, 0.717) is 12.8 Å². The summed E-state index contributed by atoms with van der Waals surface area (Å²) in [6.07, 6.45) is 1.15. The van der Waals surface area contributed by atoms with Gasteiger partial charge in [0, 0.05) is 33.9 Å². The van der Waals surface area contributed by atoms with Crippen molar-refractivity contribution in [3.8, 4) is 11.3 Å². The van der Waals surface area contributed by atoms with E-state index in [1.807, 2.05) is 66.7 Å². The Balaban J connectivity index is 1.55. The molecule has 0 spiro atoms. The molecule has 5 nitrogen and oxygen atoms in total. The number of H-pyrrole nitrogens is 1. The molecule has 1 unspecified atom stereocenters. The Morgan fingerprint density at radius 1 is 0.970 bits per heavy atom. The molecule has 1 heterocycles. The molecule has 0 aliphatic rings. The molecule has 6 heteroatoms. The Morgan fingerprint density at radius 2 is 1.67 bits per heavy atom. The van der Waals surface area contributed by atoms with Crippen LogP contribution in [0.25, 0.3) is 22.2 Å². The number of hydrogen-bond acceptors (Lipinski definition) is 3. The SMILES string of the molecule is COC(=O)C(Cc1ccccc1)NC(=O)CCc1c(-c2ccccc2)[nH]c2cccc(Br)c12. The molecule has 1 amide bonds. The maximum absolute atomic E-state index is 12.9. The monoisotopic (exact) mass is 504 g/mol. The Morgan fingerprint density at radius 3 is 2.36 bits per heavy atom. The van der Waals surface area contributed by atoms with Crippen molar-refractivity contribution in [1.29, 1.82) is 0 Å². The first-order chi connectivity index (χ1) is 16.1. The van der Waals surface area contributed by atoms with Crippen LogP contribution in [0.5, 0.6) is 0 Å². The third-order valence-corrected chi connectivity index (χ3v) is 6.31. The highest BCUT2D eigenvalue weighted by atomic mass is 79.9. The van der Waals surface area contributed by atoms with Crippen LogP contribution in [0.1, 0.15) is 17.5 Å². The quantitative estimate of drug-likeness (QED) is 0.314. The van der Waals surface area contributed by atoms with Crippen LogP contribution in [0.15, 0.2) is 83.3 Å². The van der Waals surface area contributed by atoms with Gasteiger partial charge in [0.25, 0.3) is 0 Å². The molecule has 1 aromatic heterocycles. The van der Waals surface area contributed by atoms with Crippen molar-refractivity contribution in [1.82, 2.24) is 10.3 Å². The normalized spacial score (nSPS) is 11.8. The Hall–Kier alpha value is -3.38. The molecule has 0 saturated carbocycles. The topological polar surface area (TPSA) is 71.2 Å². The van der Waals surface area contributed by atoms with Gasteiger partial charge in [-0.3, -0.25) is 4.79 Å². The van der Waals surface area contributed by atoms with Gasteiger partial charge in [-0.2, -0.15) is 0 Å². The zero-order chi connectivity index (χ0) is 23.2. The van der Waals surface area contributed by atoms with Crippen LogP contribution in [-0.2, 0) is 27.2 Å². The maximum Gasteiger partial charge on any atom is 0.328 e. The minimum absolute atomic E-state index is 0.193. The number of nitrogens with one attached hydrogen (secondary N) is 2. The van der Waals surface area contributed by atoms with Gasteiger partial charge in [0.2, 0.25) is 5.91 Å². The Labute approximate surface area is 201 Å². The summed E-state index contributed by atoms with van der Waals surface area (Å²) in [5.41, 5.74) is 5.10. The highest BCUT2D eigenvalue weighted by Gasteiger charge is 2.23. The summed E-state index contributed by atoms with van der Waals surface area (Å²) in [6, 6.07) is 25.0. The molecular weight excluding hydrogens is 480 g/mol. The molecule has 168 valence electrons. The van der Waals surface area contributed by atoms with Gasteiger partial charge in [0.15, 0.2) is 0 Å². The zero-order valence-corrected chi connectivity index (χ0v) is 19.9. The second kappa shape index (κ2) is 10.5. The predicted molar refractivity (Wildman–Crippen MR) is 134 cm³/mol. The summed E-state index contributed by atoms with van der Waals surface area (Å²) in [4.78, 5) is 28.7. The summed E-state index contributed by atoms with van der Waals surface area (Å²) < 4.78 is 5.90. The molecule has 4 aromatic rings. The number of amides is 1. The van der Waals surface area contributed by atoms with Crippen LogP contribution in [-0.4, -0.2) is 30.0 Å². The van der Waals surface area contributed by atoms with Crippen molar-refractivity contribution < 1.29 is 14.3 Å². The van der Waals surface area contributed by atoms with Crippen molar-refractivity contribution in [2.24, 2.45) is 0 Å². The maximum atomic E-state index is 12.9. The lowest BCUT2D eigenvalue weighted by Crippen LogP contribution is -2.43. The number of aryl methyl sites for hydroxylation is 1. The largest absolute Gasteiger partial charge is 0.467 e. The van der Waals surface area contributed by atoms with E-state index in [0.717, 1.165) is 37.8 Å². The summed E-state index contributed by atoms with van der Waals surface area (Å²) >= 11 is 3.66. The number of hydrogen-bond donors (Lipinski definition) is 2. The van der Waals surface area contributed by atoms with Crippen molar-refractivity contribution in [3.63, 3.8) is 0 Å². The highest BCUT2D eigenvalue weighted by molar-refractivity contribution is 9.10. The molecule has 0 radical (unpaired) electrons. The van der Waals surface area contributed by atoms with Gasteiger partial charge in [0.05, 0.1) is 7.11 Å². The van der Waals surface area contributed by atoms with E-state index in [-0.39, 0.29) is 12.3 Å². The number of ether oxygens (including phenoxy) is 1. The Kier molecular flexibility index (Phi) is 7.25. The molecule has 0 aliphatic carbocycles. The van der Waals surface area contributed by atoms with Crippen LogP contribution in [0.4, 0.5) is 0 Å². The van der Waals surface area contributed by atoms with Gasteiger partial charge in [0.1, 0.15) is 6.04 Å². The Bertz CT molecular complexity index is 1250. The van der Waals surface area contributed by atoms with Crippen molar-refractivity contribution in [3.05, 3.63) is 94.5 Å². The van der Waals surface area contributed by atoms with Crippen LogP contribution in [0.3, 0.4) is 0 Å². The number of benzene rings is 3. The molecule has 0 fully saturated rings.